The number of aromatic nitrogens is 1. The highest BCUT2D eigenvalue weighted by atomic mass is 32.2. The fourth-order valence-electron chi connectivity index (χ4n) is 3.66. The molecule has 2 amide bonds. The van der Waals surface area contributed by atoms with E-state index in [2.05, 4.69) is 10.6 Å². The van der Waals surface area contributed by atoms with Crippen molar-refractivity contribution >= 4 is 41.2 Å². The van der Waals surface area contributed by atoms with E-state index in [9.17, 15) is 23.2 Å². The van der Waals surface area contributed by atoms with Crippen molar-refractivity contribution in [3.05, 3.63) is 58.4 Å². The Morgan fingerprint density at radius 1 is 1.19 bits per heavy atom. The topological polar surface area (TPSA) is 89.4 Å². The van der Waals surface area contributed by atoms with Gasteiger partial charge in [-0.05, 0) is 30.9 Å². The fraction of sp³-hybridized carbons (Fsp3) is 0.286. The SMILES string of the molecule is CSC1(NC(=O)C(=O)c2c(C)c(C(=O)Nc3ccc(F)c(F)c3)n3c2CC=C3)COC1. The molecule has 0 saturated carbocycles. The van der Waals surface area contributed by atoms with Crippen LogP contribution in [0.4, 0.5) is 14.5 Å². The summed E-state index contributed by atoms with van der Waals surface area (Å²) in [5.74, 6) is -4.24. The lowest BCUT2D eigenvalue weighted by Crippen LogP contribution is -2.60. The van der Waals surface area contributed by atoms with Gasteiger partial charge in [-0.15, -0.1) is 11.8 Å². The summed E-state index contributed by atoms with van der Waals surface area (Å²) in [6.07, 6.45) is 5.60. The summed E-state index contributed by atoms with van der Waals surface area (Å²) in [4.78, 5) is 38.0. The number of carbonyl (C=O) groups is 3. The molecule has 1 aromatic heterocycles. The van der Waals surface area contributed by atoms with Crippen LogP contribution in [0.1, 0.15) is 32.1 Å². The Bertz CT molecular complexity index is 1130. The molecule has 2 N–H and O–H groups in total. The second-order valence-electron chi connectivity index (χ2n) is 7.31. The van der Waals surface area contributed by atoms with E-state index in [0.717, 1.165) is 12.1 Å². The molecule has 2 aliphatic rings. The highest BCUT2D eigenvalue weighted by molar-refractivity contribution is 8.00. The number of Topliss-reactive ketones (excluding diaryl/α,β-unsaturated/α-hetero) is 1. The largest absolute Gasteiger partial charge is 0.375 e. The summed E-state index contributed by atoms with van der Waals surface area (Å²) < 4.78 is 33.3. The number of amides is 2. The first-order valence-corrected chi connectivity index (χ1v) is 10.7. The molecular formula is C21H19F2N3O4S. The van der Waals surface area contributed by atoms with Crippen molar-refractivity contribution in [3.63, 3.8) is 0 Å². The number of rotatable bonds is 6. The summed E-state index contributed by atoms with van der Waals surface area (Å²) in [7, 11) is 0. The van der Waals surface area contributed by atoms with Gasteiger partial charge in [0.2, 0.25) is 0 Å². The maximum atomic E-state index is 13.5. The third-order valence-electron chi connectivity index (χ3n) is 5.34. The van der Waals surface area contributed by atoms with E-state index in [4.69, 9.17) is 4.74 Å². The summed E-state index contributed by atoms with van der Waals surface area (Å²) in [5.41, 5.74) is 1.24. The zero-order valence-corrected chi connectivity index (χ0v) is 17.6. The van der Waals surface area contributed by atoms with Gasteiger partial charge in [-0.25, -0.2) is 8.78 Å². The number of ketones is 1. The van der Waals surface area contributed by atoms with Gasteiger partial charge >= 0.3 is 0 Å². The minimum absolute atomic E-state index is 0.0679. The minimum Gasteiger partial charge on any atom is -0.375 e. The van der Waals surface area contributed by atoms with Crippen molar-refractivity contribution in [2.24, 2.45) is 0 Å². The lowest BCUT2D eigenvalue weighted by molar-refractivity contribution is -0.122. The lowest BCUT2D eigenvalue weighted by Gasteiger charge is -2.40. The van der Waals surface area contributed by atoms with Crippen LogP contribution >= 0.6 is 11.8 Å². The lowest BCUT2D eigenvalue weighted by atomic mass is 10.0. The van der Waals surface area contributed by atoms with E-state index in [0.29, 0.717) is 30.9 Å². The normalized spacial score (nSPS) is 15.9. The number of hydrogen-bond donors (Lipinski definition) is 2. The highest BCUT2D eigenvalue weighted by Crippen LogP contribution is 2.31. The molecule has 0 aliphatic carbocycles. The van der Waals surface area contributed by atoms with Crippen LogP contribution in [0.2, 0.25) is 0 Å². The average molecular weight is 447 g/mol. The van der Waals surface area contributed by atoms with E-state index in [1.807, 2.05) is 6.26 Å². The molecule has 7 nitrogen and oxygen atoms in total. The number of halogens is 2. The number of ether oxygens (including phenoxy) is 1. The van der Waals surface area contributed by atoms with Crippen molar-refractivity contribution in [2.75, 3.05) is 24.8 Å². The van der Waals surface area contributed by atoms with Gasteiger partial charge in [-0.1, -0.05) is 6.08 Å². The molecule has 0 unspecified atom stereocenters. The first-order valence-electron chi connectivity index (χ1n) is 9.43. The van der Waals surface area contributed by atoms with Crippen molar-refractivity contribution in [1.82, 2.24) is 9.88 Å². The molecular weight excluding hydrogens is 428 g/mol. The Labute approximate surface area is 180 Å². The number of anilines is 1. The Hall–Kier alpha value is -2.98. The van der Waals surface area contributed by atoms with Crippen LogP contribution in [-0.2, 0) is 16.0 Å². The predicted octanol–water partition coefficient (Wildman–Crippen LogP) is 2.74. The van der Waals surface area contributed by atoms with Crippen molar-refractivity contribution in [2.45, 2.75) is 18.2 Å². The van der Waals surface area contributed by atoms with Gasteiger partial charge in [-0.2, -0.15) is 0 Å². The van der Waals surface area contributed by atoms with Crippen LogP contribution < -0.4 is 10.6 Å². The van der Waals surface area contributed by atoms with E-state index in [1.165, 1.54) is 17.8 Å². The Morgan fingerprint density at radius 3 is 2.55 bits per heavy atom. The van der Waals surface area contributed by atoms with E-state index >= 15 is 0 Å². The highest BCUT2D eigenvalue weighted by Gasteiger charge is 2.42. The number of hydrogen-bond acceptors (Lipinski definition) is 5. The molecule has 1 fully saturated rings. The molecule has 31 heavy (non-hydrogen) atoms. The van der Waals surface area contributed by atoms with Gasteiger partial charge in [0.15, 0.2) is 11.6 Å². The molecule has 1 aromatic carbocycles. The monoisotopic (exact) mass is 447 g/mol. The number of nitrogens with one attached hydrogen (secondary N) is 2. The molecule has 0 radical (unpaired) electrons. The number of thioether (sulfide) groups is 1. The van der Waals surface area contributed by atoms with Crippen molar-refractivity contribution in [3.8, 4) is 0 Å². The number of allylic oxidation sites excluding steroid dienone is 1. The maximum absolute atomic E-state index is 13.5. The van der Waals surface area contributed by atoms with E-state index < -0.39 is 34.1 Å². The second-order valence-corrected chi connectivity index (χ2v) is 8.50. The molecule has 2 aliphatic heterocycles. The van der Waals surface area contributed by atoms with Crippen LogP contribution in [-0.4, -0.2) is 46.5 Å². The smallest absolute Gasteiger partial charge is 0.293 e. The molecule has 0 atom stereocenters. The average Bonchev–Trinajstić information content (AvgIpc) is 3.26. The second kappa shape index (κ2) is 7.93. The van der Waals surface area contributed by atoms with Gasteiger partial charge in [0.05, 0.1) is 18.8 Å². The molecule has 0 spiro atoms. The van der Waals surface area contributed by atoms with Gasteiger partial charge in [0.1, 0.15) is 10.6 Å². The van der Waals surface area contributed by atoms with Gasteiger partial charge in [0.25, 0.3) is 17.6 Å². The van der Waals surface area contributed by atoms with Crippen LogP contribution in [0.25, 0.3) is 6.20 Å². The van der Waals surface area contributed by atoms with Gasteiger partial charge in [-0.3, -0.25) is 14.4 Å². The molecule has 0 bridgehead atoms. The summed E-state index contributed by atoms with van der Waals surface area (Å²) in [5, 5.41) is 5.24. The first-order chi connectivity index (χ1) is 14.8. The number of benzene rings is 1. The van der Waals surface area contributed by atoms with Crippen LogP contribution in [0, 0.1) is 18.6 Å². The third kappa shape index (κ3) is 3.66. The molecule has 10 heteroatoms. The predicted molar refractivity (Wildman–Crippen MR) is 112 cm³/mol. The minimum atomic E-state index is -1.09. The molecule has 162 valence electrons. The molecule has 1 saturated heterocycles. The molecule has 2 aromatic rings. The van der Waals surface area contributed by atoms with Crippen LogP contribution in [0.15, 0.2) is 24.3 Å². The van der Waals surface area contributed by atoms with Gasteiger partial charge in [0, 0.05) is 30.1 Å². The Balaban J connectivity index is 1.63. The van der Waals surface area contributed by atoms with Gasteiger partial charge < -0.3 is 19.9 Å². The molecule has 3 heterocycles. The zero-order valence-electron chi connectivity index (χ0n) is 16.8. The standard InChI is InChI=1S/C21H19F2N3O4S/c1-11-16(18(27)20(29)25-21(31-2)9-30-10-21)15-4-3-7-26(15)17(11)19(28)24-12-5-6-13(22)14(23)8-12/h3,5-8H,4,9-10H2,1-2H3,(H,24,28)(H,25,29). The maximum Gasteiger partial charge on any atom is 0.293 e. The zero-order chi connectivity index (χ0) is 22.3. The van der Waals surface area contributed by atoms with Crippen LogP contribution in [0.3, 0.4) is 0 Å². The van der Waals surface area contributed by atoms with Crippen molar-refractivity contribution < 1.29 is 27.9 Å². The molecule has 4 rings (SSSR count). The van der Waals surface area contributed by atoms with Crippen LogP contribution in [0.5, 0.6) is 0 Å². The fourth-order valence-corrected chi connectivity index (χ4v) is 4.25. The van der Waals surface area contributed by atoms with E-state index in [-0.39, 0.29) is 16.9 Å². The number of nitrogens with zero attached hydrogens (tertiary/aromatic N) is 1. The number of fused-ring (bicyclic) bond motifs is 1. The number of carbonyl (C=O) groups excluding carboxylic acids is 3. The summed E-state index contributed by atoms with van der Waals surface area (Å²) >= 11 is 1.39. The van der Waals surface area contributed by atoms with E-state index in [1.54, 1.807) is 23.8 Å². The summed E-state index contributed by atoms with van der Waals surface area (Å²) in [6.45, 7) is 2.20. The summed E-state index contributed by atoms with van der Waals surface area (Å²) in [6, 6.07) is 3.01. The Morgan fingerprint density at radius 2 is 1.94 bits per heavy atom. The first kappa shape index (κ1) is 21.3. The quantitative estimate of drug-likeness (QED) is 0.404. The van der Waals surface area contributed by atoms with Crippen molar-refractivity contribution in [1.29, 1.82) is 0 Å². The Kier molecular flexibility index (Phi) is 5.44. The third-order valence-corrected chi connectivity index (χ3v) is 6.46.